The van der Waals surface area contributed by atoms with Crippen molar-refractivity contribution >= 4 is 33.2 Å². The predicted octanol–water partition coefficient (Wildman–Crippen LogP) is 2.25. The van der Waals surface area contributed by atoms with Gasteiger partial charge in [-0.2, -0.15) is 0 Å². The summed E-state index contributed by atoms with van der Waals surface area (Å²) in [6.45, 7) is 0. The number of hydrogen-bond donors (Lipinski definition) is 2. The molecule has 0 aliphatic carbocycles. The van der Waals surface area contributed by atoms with E-state index in [1.54, 1.807) is 12.1 Å². The number of nitrogens with one attached hydrogen (secondary N) is 1. The Labute approximate surface area is 132 Å². The summed E-state index contributed by atoms with van der Waals surface area (Å²) in [5.74, 6) is -0.371. The second-order valence-electron chi connectivity index (χ2n) is 4.31. The predicted molar refractivity (Wildman–Crippen MR) is 83.8 cm³/mol. The molecule has 3 N–H and O–H groups in total. The van der Waals surface area contributed by atoms with Crippen molar-refractivity contribution < 1.29 is 17.9 Å². The zero-order valence-corrected chi connectivity index (χ0v) is 13.1. The lowest BCUT2D eigenvalue weighted by atomic mass is 10.2. The van der Waals surface area contributed by atoms with E-state index in [9.17, 15) is 13.2 Å². The summed E-state index contributed by atoms with van der Waals surface area (Å²) in [4.78, 5) is 11.3. The topological polar surface area (TPSA) is 98.5 Å². The highest BCUT2D eigenvalue weighted by molar-refractivity contribution is 7.92. The number of nitrogens with two attached hydrogens (primary N) is 1. The quantitative estimate of drug-likeness (QED) is 0.872. The van der Waals surface area contributed by atoms with E-state index in [4.69, 9.17) is 22.1 Å². The first-order valence-electron chi connectivity index (χ1n) is 6.10. The van der Waals surface area contributed by atoms with Crippen LogP contribution >= 0.6 is 11.6 Å². The average molecular weight is 341 g/mol. The number of hydrogen-bond acceptors (Lipinski definition) is 4. The number of sulfonamides is 1. The van der Waals surface area contributed by atoms with E-state index < -0.39 is 15.9 Å². The summed E-state index contributed by atoms with van der Waals surface area (Å²) in [5, 5.41) is 0.161. The monoisotopic (exact) mass is 340 g/mol. The van der Waals surface area contributed by atoms with Crippen LogP contribution in [0.5, 0.6) is 5.75 Å². The molecule has 0 saturated carbocycles. The molecule has 0 bridgehead atoms. The van der Waals surface area contributed by atoms with Crippen molar-refractivity contribution in [3.05, 3.63) is 53.1 Å². The van der Waals surface area contributed by atoms with Crippen LogP contribution in [0.3, 0.4) is 0 Å². The Morgan fingerprint density at radius 2 is 1.91 bits per heavy atom. The maximum absolute atomic E-state index is 12.4. The third kappa shape index (κ3) is 3.32. The summed E-state index contributed by atoms with van der Waals surface area (Å²) < 4.78 is 32.0. The Hall–Kier alpha value is -2.25. The number of amides is 1. The summed E-state index contributed by atoms with van der Waals surface area (Å²) >= 11 is 5.93. The molecule has 2 rings (SSSR count). The van der Waals surface area contributed by atoms with Gasteiger partial charge in [0.05, 0.1) is 28.3 Å². The van der Waals surface area contributed by atoms with Crippen molar-refractivity contribution in [2.75, 3.05) is 11.8 Å². The minimum Gasteiger partial charge on any atom is -0.495 e. The Bertz CT molecular complexity index is 821. The lowest BCUT2D eigenvalue weighted by molar-refractivity contribution is 0.100. The highest BCUT2D eigenvalue weighted by Crippen LogP contribution is 2.28. The van der Waals surface area contributed by atoms with Gasteiger partial charge in [-0.05, 0) is 30.3 Å². The first-order chi connectivity index (χ1) is 10.3. The Balaban J connectivity index is 2.40. The average Bonchev–Trinajstić information content (AvgIpc) is 2.47. The number of rotatable bonds is 5. The molecule has 0 radical (unpaired) electrons. The number of para-hydroxylation sites is 1. The van der Waals surface area contributed by atoms with Crippen molar-refractivity contribution in [3.63, 3.8) is 0 Å². The fourth-order valence-electron chi connectivity index (χ4n) is 1.80. The van der Waals surface area contributed by atoms with Gasteiger partial charge in [0.1, 0.15) is 5.75 Å². The normalized spacial score (nSPS) is 11.0. The van der Waals surface area contributed by atoms with Gasteiger partial charge in [-0.3, -0.25) is 9.52 Å². The van der Waals surface area contributed by atoms with E-state index in [1.807, 2.05) is 0 Å². The van der Waals surface area contributed by atoms with Gasteiger partial charge in [-0.15, -0.1) is 0 Å². The minimum atomic E-state index is -3.91. The molecule has 116 valence electrons. The molecule has 0 heterocycles. The summed E-state index contributed by atoms with van der Waals surface area (Å²) in [7, 11) is -2.49. The van der Waals surface area contributed by atoms with Crippen molar-refractivity contribution in [1.82, 2.24) is 0 Å². The number of halogens is 1. The molecule has 0 aromatic heterocycles. The van der Waals surface area contributed by atoms with E-state index in [1.165, 1.54) is 37.4 Å². The Morgan fingerprint density at radius 1 is 1.23 bits per heavy atom. The number of carbonyl (C=O) groups excluding carboxylic acids is 1. The van der Waals surface area contributed by atoms with Crippen LogP contribution in [0.25, 0.3) is 0 Å². The molecule has 1 amide bonds. The Kier molecular flexibility index (Phi) is 4.58. The van der Waals surface area contributed by atoms with E-state index in [0.717, 1.165) is 0 Å². The minimum absolute atomic E-state index is 0.0578. The number of ether oxygens (including phenoxy) is 1. The van der Waals surface area contributed by atoms with Crippen LogP contribution in [0, 0.1) is 0 Å². The molecule has 0 fully saturated rings. The molecule has 0 unspecified atom stereocenters. The van der Waals surface area contributed by atoms with Crippen LogP contribution < -0.4 is 15.2 Å². The van der Waals surface area contributed by atoms with Crippen LogP contribution in [0.4, 0.5) is 5.69 Å². The van der Waals surface area contributed by atoms with Gasteiger partial charge in [-0.25, -0.2) is 8.42 Å². The van der Waals surface area contributed by atoms with Crippen LogP contribution in [0.15, 0.2) is 47.4 Å². The second-order valence-corrected chi connectivity index (χ2v) is 6.40. The smallest absolute Gasteiger partial charge is 0.261 e. The zero-order chi connectivity index (χ0) is 16.3. The molecular weight excluding hydrogens is 328 g/mol. The molecule has 2 aromatic carbocycles. The third-order valence-corrected chi connectivity index (χ3v) is 4.53. The van der Waals surface area contributed by atoms with E-state index in [-0.39, 0.29) is 21.2 Å². The van der Waals surface area contributed by atoms with Gasteiger partial charge in [0.15, 0.2) is 0 Å². The van der Waals surface area contributed by atoms with Gasteiger partial charge in [0.2, 0.25) is 0 Å². The fraction of sp³-hybridized carbons (Fsp3) is 0.0714. The first-order valence-corrected chi connectivity index (χ1v) is 7.96. The summed E-state index contributed by atoms with van der Waals surface area (Å²) in [6, 6.07) is 10.1. The standard InChI is InChI=1S/C14H13ClN2O4S/c1-21-13-7-6-9(8-11(13)15)22(19,20)17-12-5-3-2-4-10(12)14(16)18/h2-8,17H,1H3,(H2,16,18). The van der Waals surface area contributed by atoms with Crippen LogP contribution in [0.2, 0.25) is 5.02 Å². The molecule has 8 heteroatoms. The molecule has 6 nitrogen and oxygen atoms in total. The van der Waals surface area contributed by atoms with Gasteiger partial charge in [0, 0.05) is 0 Å². The molecular formula is C14H13ClN2O4S. The van der Waals surface area contributed by atoms with Crippen molar-refractivity contribution in [2.45, 2.75) is 4.90 Å². The van der Waals surface area contributed by atoms with Gasteiger partial charge >= 0.3 is 0 Å². The van der Waals surface area contributed by atoms with Crippen molar-refractivity contribution in [2.24, 2.45) is 5.73 Å². The summed E-state index contributed by atoms with van der Waals surface area (Å²) in [5.41, 5.74) is 5.40. The van der Waals surface area contributed by atoms with Gasteiger partial charge < -0.3 is 10.5 Å². The first kappa shape index (κ1) is 16.1. The summed E-state index contributed by atoms with van der Waals surface area (Å²) in [6.07, 6.45) is 0. The lowest BCUT2D eigenvalue weighted by Gasteiger charge is -2.12. The highest BCUT2D eigenvalue weighted by atomic mass is 35.5. The molecule has 22 heavy (non-hydrogen) atoms. The second kappa shape index (κ2) is 6.25. The number of carbonyl (C=O) groups is 1. The number of benzene rings is 2. The molecule has 0 atom stereocenters. The number of primary amides is 1. The molecule has 0 aliphatic heterocycles. The number of anilines is 1. The largest absolute Gasteiger partial charge is 0.495 e. The number of methoxy groups -OCH3 is 1. The fourth-order valence-corrected chi connectivity index (χ4v) is 3.23. The van der Waals surface area contributed by atoms with E-state index in [0.29, 0.717) is 5.75 Å². The van der Waals surface area contributed by atoms with Gasteiger partial charge in [0.25, 0.3) is 15.9 Å². The molecule has 2 aromatic rings. The van der Waals surface area contributed by atoms with E-state index >= 15 is 0 Å². The third-order valence-electron chi connectivity index (χ3n) is 2.87. The molecule has 0 aliphatic rings. The van der Waals surface area contributed by atoms with Crippen molar-refractivity contribution in [3.8, 4) is 5.75 Å². The SMILES string of the molecule is COc1ccc(S(=O)(=O)Nc2ccccc2C(N)=O)cc1Cl. The van der Waals surface area contributed by atoms with Crippen molar-refractivity contribution in [1.29, 1.82) is 0 Å². The van der Waals surface area contributed by atoms with Crippen LogP contribution in [0.1, 0.15) is 10.4 Å². The lowest BCUT2D eigenvalue weighted by Crippen LogP contribution is -2.18. The maximum Gasteiger partial charge on any atom is 0.261 e. The van der Waals surface area contributed by atoms with Crippen LogP contribution in [-0.2, 0) is 10.0 Å². The van der Waals surface area contributed by atoms with E-state index in [2.05, 4.69) is 4.72 Å². The molecule has 0 saturated heterocycles. The Morgan fingerprint density at radius 3 is 2.50 bits per heavy atom. The van der Waals surface area contributed by atoms with Crippen LogP contribution in [-0.4, -0.2) is 21.4 Å². The zero-order valence-electron chi connectivity index (χ0n) is 11.5. The van der Waals surface area contributed by atoms with Gasteiger partial charge in [-0.1, -0.05) is 23.7 Å². The highest BCUT2D eigenvalue weighted by Gasteiger charge is 2.18. The molecule has 0 spiro atoms. The maximum atomic E-state index is 12.4.